The Hall–Kier alpha value is -2.25. The van der Waals surface area contributed by atoms with Crippen molar-refractivity contribution in [3.8, 4) is 0 Å². The van der Waals surface area contributed by atoms with E-state index < -0.39 is 11.5 Å². The maximum absolute atomic E-state index is 13.2. The Kier molecular flexibility index (Phi) is 7.26. The zero-order chi connectivity index (χ0) is 22.7. The number of hydrogen-bond acceptors (Lipinski definition) is 5. The zero-order valence-electron chi connectivity index (χ0n) is 19.3. The number of benzene rings is 1. The molecule has 2 heterocycles. The van der Waals surface area contributed by atoms with Gasteiger partial charge in [-0.25, -0.2) is 10.5 Å². The largest absolute Gasteiger partial charge is 0.302 e. The lowest BCUT2D eigenvalue weighted by molar-refractivity contribution is 0.0698. The SMILES string of the molecule is CC1CC[C@@H](C[C@H](C)n2c(=O)c(C(=O)NO)nc3ccccc32)N1C1CCCCCCC1. The molecule has 1 saturated heterocycles. The van der Waals surface area contributed by atoms with E-state index in [0.29, 0.717) is 23.6 Å². The lowest BCUT2D eigenvalue weighted by Gasteiger charge is -2.38. The van der Waals surface area contributed by atoms with Gasteiger partial charge in [0.05, 0.1) is 11.0 Å². The number of rotatable bonds is 5. The van der Waals surface area contributed by atoms with Crippen LogP contribution in [0, 0.1) is 0 Å². The molecule has 2 aromatic rings. The van der Waals surface area contributed by atoms with E-state index in [1.54, 1.807) is 16.1 Å². The van der Waals surface area contributed by atoms with Crippen molar-refractivity contribution in [2.24, 2.45) is 0 Å². The number of aromatic nitrogens is 2. The molecule has 2 fully saturated rings. The zero-order valence-corrected chi connectivity index (χ0v) is 19.3. The molecule has 4 rings (SSSR count). The summed E-state index contributed by atoms with van der Waals surface area (Å²) in [5.41, 5.74) is 2.15. The summed E-state index contributed by atoms with van der Waals surface area (Å²) in [6, 6.07) is 8.94. The number of nitrogens with zero attached hydrogens (tertiary/aromatic N) is 3. The van der Waals surface area contributed by atoms with Gasteiger partial charge in [-0.15, -0.1) is 0 Å². The molecule has 0 bridgehead atoms. The standard InChI is InChI=1S/C25H36N4O3/c1-17-14-15-20(28(17)19-10-6-4-3-5-7-11-19)16-18(2)29-22-13-9-8-12-21(22)26-23(25(29)31)24(30)27-32/h8-9,12-13,17-20,32H,3-7,10-11,14-16H2,1-2H3,(H,27,30)/t17?,18-,20-/m0/s1. The van der Waals surface area contributed by atoms with Gasteiger partial charge in [0.15, 0.2) is 5.69 Å². The van der Waals surface area contributed by atoms with Gasteiger partial charge in [0.25, 0.3) is 11.5 Å². The second kappa shape index (κ2) is 10.1. The van der Waals surface area contributed by atoms with E-state index in [4.69, 9.17) is 5.21 Å². The number of hydroxylamine groups is 1. The molecule has 1 saturated carbocycles. The Labute approximate surface area is 189 Å². The van der Waals surface area contributed by atoms with E-state index in [0.717, 1.165) is 18.4 Å². The third-order valence-electron chi connectivity index (χ3n) is 7.51. The molecular formula is C25H36N4O3. The lowest BCUT2D eigenvalue weighted by atomic mass is 9.94. The summed E-state index contributed by atoms with van der Waals surface area (Å²) in [5.74, 6) is -0.868. The predicted molar refractivity (Wildman–Crippen MR) is 125 cm³/mol. The van der Waals surface area contributed by atoms with Crippen molar-refractivity contribution in [3.05, 3.63) is 40.3 Å². The minimum absolute atomic E-state index is 0.0907. The van der Waals surface area contributed by atoms with Gasteiger partial charge >= 0.3 is 0 Å². The Balaban J connectivity index is 1.64. The van der Waals surface area contributed by atoms with Crippen molar-refractivity contribution in [1.82, 2.24) is 19.9 Å². The fourth-order valence-corrected chi connectivity index (χ4v) is 6.01. The number of likely N-dealkylation sites (tertiary alicyclic amines) is 1. The van der Waals surface area contributed by atoms with Crippen LogP contribution < -0.4 is 11.0 Å². The van der Waals surface area contributed by atoms with Crippen molar-refractivity contribution < 1.29 is 10.0 Å². The number of hydrogen-bond donors (Lipinski definition) is 2. The summed E-state index contributed by atoms with van der Waals surface area (Å²) in [6.07, 6.45) is 12.4. The van der Waals surface area contributed by atoms with E-state index in [-0.39, 0.29) is 11.7 Å². The summed E-state index contributed by atoms with van der Waals surface area (Å²) in [6.45, 7) is 4.41. The number of nitrogens with one attached hydrogen (secondary N) is 1. The minimum Gasteiger partial charge on any atom is -0.302 e. The molecule has 0 spiro atoms. The molecule has 1 aromatic carbocycles. The highest BCUT2D eigenvalue weighted by atomic mass is 16.5. The summed E-state index contributed by atoms with van der Waals surface area (Å²) in [5, 5.41) is 9.10. The summed E-state index contributed by atoms with van der Waals surface area (Å²) < 4.78 is 1.70. The van der Waals surface area contributed by atoms with Crippen molar-refractivity contribution in [2.75, 3.05) is 0 Å². The quantitative estimate of drug-likeness (QED) is 0.530. The van der Waals surface area contributed by atoms with Crippen LogP contribution in [0.1, 0.15) is 94.6 Å². The number of carbonyl (C=O) groups excluding carboxylic acids is 1. The maximum Gasteiger partial charge on any atom is 0.299 e. The molecule has 1 unspecified atom stereocenters. The van der Waals surface area contributed by atoms with E-state index in [1.165, 1.54) is 51.4 Å². The molecule has 1 aliphatic heterocycles. The van der Waals surface area contributed by atoms with Crippen LogP contribution in [-0.4, -0.2) is 43.7 Å². The average molecular weight is 441 g/mol. The van der Waals surface area contributed by atoms with Crippen molar-refractivity contribution in [1.29, 1.82) is 0 Å². The molecule has 7 heteroatoms. The Morgan fingerprint density at radius 3 is 2.53 bits per heavy atom. The van der Waals surface area contributed by atoms with Gasteiger partial charge in [0.2, 0.25) is 0 Å². The number of amides is 1. The smallest absolute Gasteiger partial charge is 0.299 e. The fraction of sp³-hybridized carbons (Fsp3) is 0.640. The van der Waals surface area contributed by atoms with Gasteiger partial charge in [-0.3, -0.25) is 19.7 Å². The van der Waals surface area contributed by atoms with Gasteiger partial charge in [-0.2, -0.15) is 0 Å². The van der Waals surface area contributed by atoms with E-state index >= 15 is 0 Å². The molecule has 3 atom stereocenters. The molecule has 1 amide bonds. The molecule has 0 radical (unpaired) electrons. The van der Waals surface area contributed by atoms with E-state index in [1.807, 2.05) is 18.2 Å². The van der Waals surface area contributed by atoms with Gasteiger partial charge in [0, 0.05) is 24.2 Å². The Bertz CT molecular complexity index is 996. The highest BCUT2D eigenvalue weighted by Crippen LogP contribution is 2.35. The van der Waals surface area contributed by atoms with Gasteiger partial charge in [-0.1, -0.05) is 44.2 Å². The second-order valence-electron chi connectivity index (χ2n) is 9.68. The highest BCUT2D eigenvalue weighted by molar-refractivity contribution is 5.93. The normalized spacial score (nSPS) is 24.2. The minimum atomic E-state index is -0.868. The third-order valence-corrected chi connectivity index (χ3v) is 7.51. The van der Waals surface area contributed by atoms with Gasteiger partial charge in [-0.05, 0) is 58.1 Å². The summed E-state index contributed by atoms with van der Waals surface area (Å²) in [4.78, 5) is 32.3. The first-order chi connectivity index (χ1) is 15.5. The van der Waals surface area contributed by atoms with Crippen LogP contribution in [-0.2, 0) is 0 Å². The topological polar surface area (TPSA) is 87.5 Å². The van der Waals surface area contributed by atoms with Crippen LogP contribution >= 0.6 is 0 Å². The van der Waals surface area contributed by atoms with Crippen LogP contribution in [0.5, 0.6) is 0 Å². The molecule has 1 aromatic heterocycles. The number of para-hydroxylation sites is 2. The molecule has 32 heavy (non-hydrogen) atoms. The molecule has 2 N–H and O–H groups in total. The van der Waals surface area contributed by atoms with Crippen molar-refractivity contribution >= 4 is 16.9 Å². The van der Waals surface area contributed by atoms with E-state index in [9.17, 15) is 9.59 Å². The van der Waals surface area contributed by atoms with Gasteiger partial charge < -0.3 is 4.57 Å². The van der Waals surface area contributed by atoms with E-state index in [2.05, 4.69) is 23.7 Å². The first-order valence-electron chi connectivity index (χ1n) is 12.2. The highest BCUT2D eigenvalue weighted by Gasteiger charge is 2.36. The Morgan fingerprint density at radius 2 is 1.81 bits per heavy atom. The van der Waals surface area contributed by atoms with Crippen LogP contribution in [0.2, 0.25) is 0 Å². The second-order valence-corrected chi connectivity index (χ2v) is 9.68. The molecule has 1 aliphatic carbocycles. The Morgan fingerprint density at radius 1 is 1.12 bits per heavy atom. The average Bonchev–Trinajstić information content (AvgIpc) is 3.12. The summed E-state index contributed by atoms with van der Waals surface area (Å²) >= 11 is 0. The lowest BCUT2D eigenvalue weighted by Crippen LogP contribution is -2.44. The predicted octanol–water partition coefficient (Wildman–Crippen LogP) is 4.43. The molecule has 174 valence electrons. The van der Waals surface area contributed by atoms with Crippen LogP contribution in [0.3, 0.4) is 0 Å². The summed E-state index contributed by atoms with van der Waals surface area (Å²) in [7, 11) is 0. The van der Waals surface area contributed by atoms with Crippen LogP contribution in [0.4, 0.5) is 0 Å². The van der Waals surface area contributed by atoms with Crippen molar-refractivity contribution in [3.63, 3.8) is 0 Å². The number of fused-ring (bicyclic) bond motifs is 1. The number of carbonyl (C=O) groups is 1. The maximum atomic E-state index is 13.2. The van der Waals surface area contributed by atoms with Gasteiger partial charge in [0.1, 0.15) is 0 Å². The monoisotopic (exact) mass is 440 g/mol. The third kappa shape index (κ3) is 4.59. The first kappa shape index (κ1) is 22.9. The fourth-order valence-electron chi connectivity index (χ4n) is 6.01. The molecule has 7 nitrogen and oxygen atoms in total. The molecule has 2 aliphatic rings. The van der Waals surface area contributed by atoms with Crippen LogP contribution in [0.15, 0.2) is 29.1 Å². The van der Waals surface area contributed by atoms with Crippen molar-refractivity contribution in [2.45, 2.75) is 102 Å². The molecular weight excluding hydrogens is 404 g/mol. The first-order valence-corrected chi connectivity index (χ1v) is 12.2. The van der Waals surface area contributed by atoms with Crippen LogP contribution in [0.25, 0.3) is 11.0 Å².